The van der Waals surface area contributed by atoms with Gasteiger partial charge in [0, 0.05) is 40.6 Å². The number of para-hydroxylation sites is 1. The lowest BCUT2D eigenvalue weighted by Gasteiger charge is -2.13. The molecule has 228 valence electrons. The number of nitrogens with zero attached hydrogens (tertiary/aromatic N) is 2. The van der Waals surface area contributed by atoms with Gasteiger partial charge in [0.05, 0.1) is 29.1 Å². The second kappa shape index (κ2) is 12.5. The third-order valence-corrected chi connectivity index (χ3v) is 10.1. The number of methoxy groups -OCH3 is 1. The summed E-state index contributed by atoms with van der Waals surface area (Å²) in [5.74, 6) is 0.148. The topological polar surface area (TPSA) is 85.2 Å². The van der Waals surface area contributed by atoms with Crippen LogP contribution in [-0.2, 0) is 24.2 Å². The van der Waals surface area contributed by atoms with Crippen LogP contribution in [-0.4, -0.2) is 28.7 Å². The van der Waals surface area contributed by atoms with Crippen molar-refractivity contribution in [3.05, 3.63) is 117 Å². The first-order valence-corrected chi connectivity index (χ1v) is 16.5. The number of fused-ring (bicyclic) bond motifs is 1. The van der Waals surface area contributed by atoms with E-state index >= 15 is 0 Å². The van der Waals surface area contributed by atoms with Crippen LogP contribution in [0.4, 0.5) is 5.00 Å². The third-order valence-electron chi connectivity index (χ3n) is 8.65. The van der Waals surface area contributed by atoms with Gasteiger partial charge in [0.25, 0.3) is 5.91 Å². The van der Waals surface area contributed by atoms with Gasteiger partial charge in [-0.2, -0.15) is 5.10 Å². The summed E-state index contributed by atoms with van der Waals surface area (Å²) in [6, 6.07) is 25.4. The standard InChI is InChI=1S/C36H33ClN4O3S/c1-44-30-17-16-23(18-29(30)37)33-28(21-41(40-33)24-12-6-3-7-13-24)26-19-27(26)34(42)39-36-32(25-14-8-9-15-31(25)45-36)35(43)38-20-22-10-4-2-5-11-22/h2-7,10-13,16-18,21,26-27H,8-9,14-15,19-20H2,1H3,(H,38,43)(H,39,42). The number of hydrogen-bond donors (Lipinski definition) is 2. The van der Waals surface area contributed by atoms with Gasteiger partial charge in [0.2, 0.25) is 5.91 Å². The van der Waals surface area contributed by atoms with E-state index in [-0.39, 0.29) is 23.7 Å². The zero-order valence-electron chi connectivity index (χ0n) is 24.9. The van der Waals surface area contributed by atoms with E-state index in [1.807, 2.05) is 89.7 Å². The lowest BCUT2D eigenvalue weighted by Crippen LogP contribution is -2.25. The quantitative estimate of drug-likeness (QED) is 0.173. The van der Waals surface area contributed by atoms with Gasteiger partial charge in [-0.05, 0) is 73.6 Å². The normalized spacial score (nSPS) is 16.9. The molecule has 2 heterocycles. The molecular weight excluding hydrogens is 604 g/mol. The Hall–Kier alpha value is -4.40. The van der Waals surface area contributed by atoms with Crippen molar-refractivity contribution in [1.29, 1.82) is 0 Å². The summed E-state index contributed by atoms with van der Waals surface area (Å²) in [4.78, 5) is 28.5. The first kappa shape index (κ1) is 29.3. The van der Waals surface area contributed by atoms with Crippen LogP contribution < -0.4 is 15.4 Å². The molecule has 7 rings (SSSR count). The molecule has 1 fully saturated rings. The number of carbonyl (C=O) groups excluding carboxylic acids is 2. The number of ether oxygens (including phenoxy) is 1. The van der Waals surface area contributed by atoms with E-state index in [4.69, 9.17) is 21.4 Å². The molecule has 2 aromatic heterocycles. The second-order valence-electron chi connectivity index (χ2n) is 11.6. The zero-order chi connectivity index (χ0) is 30.9. The summed E-state index contributed by atoms with van der Waals surface area (Å²) in [6.07, 6.45) is 6.66. The van der Waals surface area contributed by atoms with E-state index in [9.17, 15) is 9.59 Å². The second-order valence-corrected chi connectivity index (χ2v) is 13.1. The average molecular weight is 637 g/mol. The minimum Gasteiger partial charge on any atom is -0.495 e. The fourth-order valence-electron chi connectivity index (χ4n) is 6.20. The van der Waals surface area contributed by atoms with E-state index in [0.717, 1.165) is 59.3 Å². The van der Waals surface area contributed by atoms with E-state index in [2.05, 4.69) is 10.6 Å². The average Bonchev–Trinajstić information content (AvgIpc) is 3.61. The maximum absolute atomic E-state index is 13.8. The summed E-state index contributed by atoms with van der Waals surface area (Å²) in [7, 11) is 1.59. The number of nitrogens with one attached hydrogen (secondary N) is 2. The number of benzene rings is 3. The van der Waals surface area contributed by atoms with E-state index in [0.29, 0.717) is 34.3 Å². The van der Waals surface area contributed by atoms with Crippen molar-refractivity contribution in [3.63, 3.8) is 0 Å². The zero-order valence-corrected chi connectivity index (χ0v) is 26.5. The number of halogens is 1. The Kier molecular flexibility index (Phi) is 8.17. The fourth-order valence-corrected chi connectivity index (χ4v) is 7.75. The first-order chi connectivity index (χ1) is 22.0. The highest BCUT2D eigenvalue weighted by molar-refractivity contribution is 7.17. The SMILES string of the molecule is COc1ccc(-c2nn(-c3ccccc3)cc2C2CC2C(=O)Nc2sc3c(c2C(=O)NCc2ccccc2)CCCC3)cc1Cl. The van der Waals surface area contributed by atoms with Gasteiger partial charge in [-0.15, -0.1) is 11.3 Å². The highest BCUT2D eigenvalue weighted by atomic mass is 35.5. The molecule has 9 heteroatoms. The van der Waals surface area contributed by atoms with Crippen LogP contribution in [0.15, 0.2) is 85.1 Å². The maximum Gasteiger partial charge on any atom is 0.254 e. The molecule has 2 aliphatic carbocycles. The Labute approximate surface area is 271 Å². The molecule has 0 spiro atoms. The molecule has 45 heavy (non-hydrogen) atoms. The molecule has 5 aromatic rings. The predicted octanol–water partition coefficient (Wildman–Crippen LogP) is 7.81. The molecule has 2 N–H and O–H groups in total. The van der Waals surface area contributed by atoms with Crippen LogP contribution in [0, 0.1) is 5.92 Å². The molecule has 0 bridgehead atoms. The lowest BCUT2D eigenvalue weighted by atomic mass is 9.95. The fraction of sp³-hybridized carbons (Fsp3) is 0.250. The lowest BCUT2D eigenvalue weighted by molar-refractivity contribution is -0.117. The Morgan fingerprint density at radius 1 is 1.02 bits per heavy atom. The molecule has 2 amide bonds. The molecule has 0 saturated heterocycles. The van der Waals surface area contributed by atoms with E-state index in [1.165, 1.54) is 4.88 Å². The van der Waals surface area contributed by atoms with Crippen molar-refractivity contribution in [1.82, 2.24) is 15.1 Å². The van der Waals surface area contributed by atoms with Crippen molar-refractivity contribution in [2.45, 2.75) is 44.6 Å². The summed E-state index contributed by atoms with van der Waals surface area (Å²) in [6.45, 7) is 0.436. The van der Waals surface area contributed by atoms with Crippen LogP contribution >= 0.6 is 22.9 Å². The number of anilines is 1. The van der Waals surface area contributed by atoms with Crippen molar-refractivity contribution in [3.8, 4) is 22.7 Å². The highest BCUT2D eigenvalue weighted by Gasteiger charge is 2.46. The van der Waals surface area contributed by atoms with Crippen LogP contribution in [0.2, 0.25) is 5.02 Å². The summed E-state index contributed by atoms with van der Waals surface area (Å²) < 4.78 is 7.22. The molecule has 2 aliphatic rings. The van der Waals surface area contributed by atoms with E-state index < -0.39 is 0 Å². The minimum atomic E-state index is -0.231. The highest BCUT2D eigenvalue weighted by Crippen LogP contribution is 2.51. The molecule has 0 radical (unpaired) electrons. The first-order valence-electron chi connectivity index (χ1n) is 15.3. The molecule has 2 atom stereocenters. The summed E-state index contributed by atoms with van der Waals surface area (Å²) in [5, 5.41) is 12.4. The van der Waals surface area contributed by atoms with Gasteiger partial charge >= 0.3 is 0 Å². The van der Waals surface area contributed by atoms with Crippen molar-refractivity contribution in [2.24, 2.45) is 5.92 Å². The summed E-state index contributed by atoms with van der Waals surface area (Å²) >= 11 is 8.06. The Morgan fingerprint density at radius 3 is 2.53 bits per heavy atom. The largest absolute Gasteiger partial charge is 0.495 e. The van der Waals surface area contributed by atoms with Gasteiger partial charge in [0.1, 0.15) is 10.8 Å². The number of amides is 2. The van der Waals surface area contributed by atoms with E-state index in [1.54, 1.807) is 18.4 Å². The van der Waals surface area contributed by atoms with Crippen molar-refractivity contribution >= 4 is 39.8 Å². The van der Waals surface area contributed by atoms with Crippen LogP contribution in [0.3, 0.4) is 0 Å². The van der Waals surface area contributed by atoms with Gasteiger partial charge < -0.3 is 15.4 Å². The summed E-state index contributed by atoms with van der Waals surface area (Å²) in [5.41, 5.74) is 6.32. The molecule has 7 nitrogen and oxygen atoms in total. The molecule has 3 aromatic carbocycles. The van der Waals surface area contributed by atoms with Gasteiger partial charge in [-0.25, -0.2) is 4.68 Å². The number of aromatic nitrogens is 2. The molecule has 1 saturated carbocycles. The Morgan fingerprint density at radius 2 is 1.78 bits per heavy atom. The molecule has 0 aliphatic heterocycles. The Bertz CT molecular complexity index is 1870. The number of thiophene rings is 1. The number of hydrogen-bond acceptors (Lipinski definition) is 5. The van der Waals surface area contributed by atoms with Crippen LogP contribution in [0.5, 0.6) is 5.75 Å². The number of carbonyl (C=O) groups is 2. The number of rotatable bonds is 9. The van der Waals surface area contributed by atoms with Crippen molar-refractivity contribution in [2.75, 3.05) is 12.4 Å². The van der Waals surface area contributed by atoms with Gasteiger partial charge in [-0.1, -0.05) is 60.1 Å². The van der Waals surface area contributed by atoms with Crippen LogP contribution in [0.25, 0.3) is 16.9 Å². The maximum atomic E-state index is 13.8. The smallest absolute Gasteiger partial charge is 0.254 e. The third kappa shape index (κ3) is 6.00. The molecular formula is C36H33ClN4O3S. The van der Waals surface area contributed by atoms with Gasteiger partial charge in [-0.3, -0.25) is 9.59 Å². The minimum absolute atomic E-state index is 0.0108. The van der Waals surface area contributed by atoms with Crippen molar-refractivity contribution < 1.29 is 14.3 Å². The number of aryl methyl sites for hydroxylation is 1. The monoisotopic (exact) mass is 636 g/mol. The van der Waals surface area contributed by atoms with Crippen LogP contribution in [0.1, 0.15) is 57.1 Å². The molecule has 2 unspecified atom stereocenters. The van der Waals surface area contributed by atoms with Gasteiger partial charge in [0.15, 0.2) is 0 Å². The Balaban J connectivity index is 1.15. The predicted molar refractivity (Wildman–Crippen MR) is 179 cm³/mol.